The maximum Gasteiger partial charge on any atom is 0.319 e. The molecule has 0 atom stereocenters. The quantitative estimate of drug-likeness (QED) is 0.191. The monoisotopic (exact) mass is 538 g/mol. The molecule has 36 heavy (non-hydrogen) atoms. The van der Waals surface area contributed by atoms with Crippen molar-refractivity contribution in [3.63, 3.8) is 0 Å². The maximum atomic E-state index is 11.1. The van der Waals surface area contributed by atoms with Gasteiger partial charge in [0.25, 0.3) is 35.8 Å². The van der Waals surface area contributed by atoms with Gasteiger partial charge >= 0.3 is 5.97 Å². The summed E-state index contributed by atoms with van der Waals surface area (Å²) >= 11 is 0. The Bertz CT molecular complexity index is 484. The largest absolute Gasteiger partial charge is 0.481 e. The van der Waals surface area contributed by atoms with Crippen molar-refractivity contribution in [3.8, 4) is 0 Å². The average Bonchev–Trinajstić information content (AvgIpc) is 2.61. The molecule has 17 heteroatoms. The van der Waals surface area contributed by atoms with Gasteiger partial charge in [0, 0.05) is 41.5 Å². The van der Waals surface area contributed by atoms with Gasteiger partial charge in [0.15, 0.2) is 0 Å². The summed E-state index contributed by atoms with van der Waals surface area (Å²) in [6.07, 6.45) is 0. The van der Waals surface area contributed by atoms with Gasteiger partial charge in [-0.25, -0.2) is 0 Å². The van der Waals surface area contributed by atoms with Crippen molar-refractivity contribution in [3.05, 3.63) is 0 Å². The van der Waals surface area contributed by atoms with Crippen molar-refractivity contribution in [1.29, 1.82) is 0 Å². The van der Waals surface area contributed by atoms with E-state index in [1.54, 1.807) is 6.92 Å². The Labute approximate surface area is 207 Å². The summed E-state index contributed by atoms with van der Waals surface area (Å²) in [5.41, 5.74) is -1.56. The van der Waals surface area contributed by atoms with Crippen LogP contribution in [0.15, 0.2) is 0 Å². The molecule has 0 aromatic carbocycles. The second-order valence-electron chi connectivity index (χ2n) is 5.59. The number of aliphatic hydroxyl groups excluding tert-OH is 3. The van der Waals surface area contributed by atoms with E-state index in [2.05, 4.69) is 4.74 Å². The van der Waals surface area contributed by atoms with Gasteiger partial charge in [0.1, 0.15) is 5.41 Å². The molecule has 9 N–H and O–H groups in total. The van der Waals surface area contributed by atoms with Gasteiger partial charge in [-0.1, -0.05) is 0 Å². The van der Waals surface area contributed by atoms with E-state index >= 15 is 0 Å². The molecule has 0 amide bonds. The summed E-state index contributed by atoms with van der Waals surface area (Å²) in [6, 6.07) is 0. The van der Waals surface area contributed by atoms with Crippen molar-refractivity contribution >= 4 is 41.8 Å². The van der Waals surface area contributed by atoms with Gasteiger partial charge in [0.2, 0.25) is 0 Å². The average molecular weight is 538 g/mol. The zero-order valence-electron chi connectivity index (χ0n) is 21.1. The molecule has 216 valence electrons. The first-order chi connectivity index (χ1) is 16.1. The number of carbonyl (C=O) groups is 7. The molecule has 0 spiro atoms. The van der Waals surface area contributed by atoms with Crippen LogP contribution in [0, 0.1) is 5.41 Å². The van der Waals surface area contributed by atoms with Crippen LogP contribution >= 0.6 is 0 Å². The topological polar surface area (TPSA) is 311 Å². The van der Waals surface area contributed by atoms with Crippen molar-refractivity contribution < 1.29 is 84.3 Å². The molecule has 0 bridgehead atoms. The minimum Gasteiger partial charge on any atom is -0.481 e. The highest BCUT2D eigenvalue weighted by atomic mass is 16.5. The van der Waals surface area contributed by atoms with Gasteiger partial charge < -0.3 is 50.7 Å². The van der Waals surface area contributed by atoms with E-state index in [1.165, 1.54) is 0 Å². The first-order valence-electron chi connectivity index (χ1n) is 9.23. The lowest BCUT2D eigenvalue weighted by atomic mass is 9.91. The highest BCUT2D eigenvalue weighted by molar-refractivity contribution is 5.77. The molecule has 0 heterocycles. The minimum atomic E-state index is -1.56. The fourth-order valence-corrected chi connectivity index (χ4v) is 0.628. The van der Waals surface area contributed by atoms with Crippen molar-refractivity contribution in [2.45, 2.75) is 48.5 Å². The number of rotatable bonds is 5. The molecule has 0 fully saturated rings. The Hall–Kier alpha value is -3.83. The zero-order chi connectivity index (χ0) is 31.1. The fraction of sp³-hybridized carbons (Fsp3) is 0.632. The van der Waals surface area contributed by atoms with Crippen molar-refractivity contribution in [2.75, 3.05) is 26.4 Å². The standard InChI is InChI=1S/C7H14O5.6C2H4O2/c1-2-12-6(11)7(3-8,4-9)5-10;6*1-2(3)4/h8-10H,2-5H2,1H3;6*1H3,(H,3,4). The van der Waals surface area contributed by atoms with Crippen LogP contribution in [-0.2, 0) is 38.3 Å². The highest BCUT2D eigenvalue weighted by Crippen LogP contribution is 2.16. The van der Waals surface area contributed by atoms with Gasteiger partial charge in [-0.3, -0.25) is 33.6 Å². The predicted octanol–water partition coefficient (Wildman–Crippen LogP) is -0.942. The molecule has 0 aliphatic rings. The van der Waals surface area contributed by atoms with Gasteiger partial charge in [-0.2, -0.15) is 0 Å². The lowest BCUT2D eigenvalue weighted by molar-refractivity contribution is -0.164. The Kier molecular flexibility index (Phi) is 49.0. The predicted molar refractivity (Wildman–Crippen MR) is 120 cm³/mol. The summed E-state index contributed by atoms with van der Waals surface area (Å²) in [4.78, 5) is 65.1. The molecule has 0 saturated carbocycles. The molecule has 0 unspecified atom stereocenters. The van der Waals surface area contributed by atoms with Gasteiger partial charge in [-0.05, 0) is 6.92 Å². The summed E-state index contributed by atoms with van der Waals surface area (Å²) in [6.45, 7) is 6.38. The van der Waals surface area contributed by atoms with Gasteiger partial charge in [0.05, 0.1) is 26.4 Å². The van der Waals surface area contributed by atoms with Crippen LogP contribution in [0.4, 0.5) is 0 Å². The summed E-state index contributed by atoms with van der Waals surface area (Å²) in [5.74, 6) is -5.78. The molecule has 0 aromatic rings. The van der Waals surface area contributed by atoms with Crippen molar-refractivity contribution in [2.24, 2.45) is 5.41 Å². The summed E-state index contributed by atoms with van der Waals surface area (Å²) in [7, 11) is 0. The number of carboxylic acid groups (broad SMARTS) is 6. The zero-order valence-corrected chi connectivity index (χ0v) is 21.1. The van der Waals surface area contributed by atoms with Crippen LogP contribution in [0.5, 0.6) is 0 Å². The molecule has 17 nitrogen and oxygen atoms in total. The number of hydrogen-bond donors (Lipinski definition) is 9. The maximum absolute atomic E-state index is 11.1. The second-order valence-corrected chi connectivity index (χ2v) is 5.59. The molecule has 0 aromatic heterocycles. The Morgan fingerprint density at radius 2 is 0.639 bits per heavy atom. The molecule has 0 aliphatic heterocycles. The fourth-order valence-electron chi connectivity index (χ4n) is 0.628. The molecular weight excluding hydrogens is 500 g/mol. The van der Waals surface area contributed by atoms with Crippen LogP contribution in [0.25, 0.3) is 0 Å². The van der Waals surface area contributed by atoms with E-state index in [0.717, 1.165) is 41.5 Å². The third-order valence-electron chi connectivity index (χ3n) is 1.62. The Morgan fingerprint density at radius 1 is 0.500 bits per heavy atom. The highest BCUT2D eigenvalue weighted by Gasteiger charge is 2.38. The van der Waals surface area contributed by atoms with Crippen LogP contribution < -0.4 is 0 Å². The van der Waals surface area contributed by atoms with E-state index in [9.17, 15) is 4.79 Å². The Morgan fingerprint density at radius 3 is 0.722 bits per heavy atom. The smallest absolute Gasteiger partial charge is 0.319 e. The third kappa shape index (κ3) is 128. The molecule has 0 rings (SSSR count). The van der Waals surface area contributed by atoms with E-state index in [0.29, 0.717) is 0 Å². The van der Waals surface area contributed by atoms with Crippen LogP contribution in [-0.4, -0.2) is 114 Å². The van der Waals surface area contributed by atoms with Gasteiger partial charge in [-0.15, -0.1) is 0 Å². The molecular formula is C19H38O17. The normalized spacial score (nSPS) is 7.94. The minimum absolute atomic E-state index is 0.153. The lowest BCUT2D eigenvalue weighted by Gasteiger charge is -2.24. The second kappa shape index (κ2) is 35.8. The van der Waals surface area contributed by atoms with Crippen LogP contribution in [0.2, 0.25) is 0 Å². The van der Waals surface area contributed by atoms with Crippen molar-refractivity contribution in [1.82, 2.24) is 0 Å². The number of aliphatic carboxylic acids is 6. The van der Waals surface area contributed by atoms with Crippen LogP contribution in [0.1, 0.15) is 48.5 Å². The number of esters is 1. The summed E-state index contributed by atoms with van der Waals surface area (Å²) in [5, 5.41) is 70.8. The lowest BCUT2D eigenvalue weighted by Crippen LogP contribution is -2.43. The number of ether oxygens (including phenoxy) is 1. The van der Waals surface area contributed by atoms with E-state index in [-0.39, 0.29) is 6.61 Å². The van der Waals surface area contributed by atoms with E-state index in [1.807, 2.05) is 0 Å². The molecule has 0 saturated heterocycles. The number of carbonyl (C=O) groups excluding carboxylic acids is 1. The molecule has 0 aliphatic carbocycles. The first-order valence-corrected chi connectivity index (χ1v) is 9.23. The summed E-state index contributed by atoms with van der Waals surface area (Å²) < 4.78 is 4.56. The number of carboxylic acids is 6. The SMILES string of the molecule is CC(=O)O.CC(=O)O.CC(=O)O.CC(=O)O.CC(=O)O.CC(=O)O.CCOC(=O)C(CO)(CO)CO. The molecule has 0 radical (unpaired) electrons. The third-order valence-corrected chi connectivity index (χ3v) is 1.62. The Balaban J connectivity index is -0.0000000592. The first kappa shape index (κ1) is 49.3. The van der Waals surface area contributed by atoms with E-state index in [4.69, 9.17) is 74.7 Å². The number of hydrogen-bond acceptors (Lipinski definition) is 11. The van der Waals surface area contributed by atoms with Crippen LogP contribution in [0.3, 0.4) is 0 Å². The van der Waals surface area contributed by atoms with E-state index < -0.39 is 67.0 Å². The number of aliphatic hydroxyl groups is 3.